The van der Waals surface area contributed by atoms with Gasteiger partial charge >= 0.3 is 0 Å². The molecular weight excluding hydrogens is 266 g/mol. The number of anilines is 1. The van der Waals surface area contributed by atoms with Gasteiger partial charge in [-0.1, -0.05) is 19.1 Å². The molecule has 2 amide bonds. The van der Waals surface area contributed by atoms with Crippen molar-refractivity contribution in [2.24, 2.45) is 11.8 Å². The Bertz CT molecular complexity index is 499. The molecule has 2 rings (SSSR count). The minimum absolute atomic E-state index is 0.0140. The van der Waals surface area contributed by atoms with Crippen molar-refractivity contribution < 1.29 is 9.59 Å². The number of carbonyl (C=O) groups is 2. The number of carbonyl (C=O) groups excluding carboxylic acids is 2. The zero-order valence-electron chi connectivity index (χ0n) is 12.6. The predicted octanol–water partition coefficient (Wildman–Crippen LogP) is 1.16. The van der Waals surface area contributed by atoms with E-state index in [1.807, 2.05) is 31.2 Å². The molecule has 5 heteroatoms. The SMILES string of the molecule is CCNC(=O)Cc1ccc(NC(=O)C2CNCC2C)cc1. The molecule has 0 radical (unpaired) electrons. The molecule has 5 nitrogen and oxygen atoms in total. The summed E-state index contributed by atoms with van der Waals surface area (Å²) >= 11 is 0. The largest absolute Gasteiger partial charge is 0.356 e. The molecule has 21 heavy (non-hydrogen) atoms. The van der Waals surface area contributed by atoms with Gasteiger partial charge in [-0.3, -0.25) is 9.59 Å². The van der Waals surface area contributed by atoms with Gasteiger partial charge in [0.05, 0.1) is 12.3 Å². The van der Waals surface area contributed by atoms with E-state index in [-0.39, 0.29) is 17.7 Å². The first kappa shape index (κ1) is 15.5. The summed E-state index contributed by atoms with van der Waals surface area (Å²) in [4.78, 5) is 23.7. The van der Waals surface area contributed by atoms with E-state index in [0.717, 1.165) is 24.3 Å². The van der Waals surface area contributed by atoms with Crippen LogP contribution in [0, 0.1) is 11.8 Å². The Morgan fingerprint density at radius 3 is 2.52 bits per heavy atom. The van der Waals surface area contributed by atoms with E-state index in [4.69, 9.17) is 0 Å². The predicted molar refractivity (Wildman–Crippen MR) is 83.0 cm³/mol. The highest BCUT2D eigenvalue weighted by molar-refractivity contribution is 5.93. The summed E-state index contributed by atoms with van der Waals surface area (Å²) in [5.74, 6) is 0.464. The highest BCUT2D eigenvalue weighted by atomic mass is 16.2. The van der Waals surface area contributed by atoms with E-state index in [2.05, 4.69) is 22.9 Å². The van der Waals surface area contributed by atoms with Crippen molar-refractivity contribution >= 4 is 17.5 Å². The van der Waals surface area contributed by atoms with Gasteiger partial charge in [-0.25, -0.2) is 0 Å². The fourth-order valence-electron chi connectivity index (χ4n) is 2.55. The van der Waals surface area contributed by atoms with Crippen molar-refractivity contribution in [3.63, 3.8) is 0 Å². The Labute approximate surface area is 125 Å². The fourth-order valence-corrected chi connectivity index (χ4v) is 2.55. The Kier molecular flexibility index (Phi) is 5.33. The van der Waals surface area contributed by atoms with Crippen molar-refractivity contribution in [2.45, 2.75) is 20.3 Å². The summed E-state index contributed by atoms with van der Waals surface area (Å²) in [6, 6.07) is 7.45. The highest BCUT2D eigenvalue weighted by Crippen LogP contribution is 2.18. The van der Waals surface area contributed by atoms with Gasteiger partial charge in [-0.2, -0.15) is 0 Å². The van der Waals surface area contributed by atoms with E-state index in [1.54, 1.807) is 0 Å². The average Bonchev–Trinajstić information content (AvgIpc) is 2.87. The summed E-state index contributed by atoms with van der Waals surface area (Å²) in [6.45, 7) is 6.25. The van der Waals surface area contributed by atoms with Crippen LogP contribution in [-0.4, -0.2) is 31.4 Å². The third kappa shape index (κ3) is 4.29. The van der Waals surface area contributed by atoms with Crippen LogP contribution in [0.1, 0.15) is 19.4 Å². The van der Waals surface area contributed by atoms with Crippen molar-refractivity contribution in [2.75, 3.05) is 25.0 Å². The van der Waals surface area contributed by atoms with Crippen LogP contribution in [0.25, 0.3) is 0 Å². The molecule has 1 fully saturated rings. The van der Waals surface area contributed by atoms with Crippen molar-refractivity contribution in [1.82, 2.24) is 10.6 Å². The number of rotatable bonds is 5. The minimum atomic E-state index is 0.0140. The van der Waals surface area contributed by atoms with Gasteiger partial charge in [0, 0.05) is 18.8 Å². The Hall–Kier alpha value is -1.88. The lowest BCUT2D eigenvalue weighted by molar-refractivity contribution is -0.121. The molecule has 1 aliphatic rings. The number of nitrogens with one attached hydrogen (secondary N) is 3. The van der Waals surface area contributed by atoms with Crippen molar-refractivity contribution in [3.05, 3.63) is 29.8 Å². The molecule has 2 unspecified atom stereocenters. The fraction of sp³-hybridized carbons (Fsp3) is 0.500. The van der Waals surface area contributed by atoms with Crippen molar-refractivity contribution in [1.29, 1.82) is 0 Å². The Morgan fingerprint density at radius 1 is 1.24 bits per heavy atom. The highest BCUT2D eigenvalue weighted by Gasteiger charge is 2.29. The first-order chi connectivity index (χ1) is 10.1. The lowest BCUT2D eigenvalue weighted by Crippen LogP contribution is -2.27. The van der Waals surface area contributed by atoms with E-state index in [9.17, 15) is 9.59 Å². The molecule has 1 aromatic carbocycles. The van der Waals surface area contributed by atoms with E-state index in [0.29, 0.717) is 18.9 Å². The van der Waals surface area contributed by atoms with Crippen LogP contribution in [0.5, 0.6) is 0 Å². The number of benzene rings is 1. The molecule has 0 bridgehead atoms. The van der Waals surface area contributed by atoms with Gasteiger partial charge in [0.25, 0.3) is 0 Å². The van der Waals surface area contributed by atoms with Gasteiger partial charge < -0.3 is 16.0 Å². The number of likely N-dealkylation sites (N-methyl/N-ethyl adjacent to an activating group) is 1. The molecule has 1 aliphatic heterocycles. The number of amides is 2. The van der Waals surface area contributed by atoms with Crippen LogP contribution in [0.4, 0.5) is 5.69 Å². The molecule has 114 valence electrons. The van der Waals surface area contributed by atoms with Crippen LogP contribution < -0.4 is 16.0 Å². The van der Waals surface area contributed by atoms with Gasteiger partial charge in [0.15, 0.2) is 0 Å². The lowest BCUT2D eigenvalue weighted by Gasteiger charge is -2.14. The zero-order chi connectivity index (χ0) is 15.2. The molecule has 1 aromatic rings. The Balaban J connectivity index is 1.90. The van der Waals surface area contributed by atoms with Gasteiger partial charge in [-0.15, -0.1) is 0 Å². The molecule has 3 N–H and O–H groups in total. The third-order valence-corrected chi connectivity index (χ3v) is 3.81. The van der Waals surface area contributed by atoms with Crippen LogP contribution in [0.15, 0.2) is 24.3 Å². The third-order valence-electron chi connectivity index (χ3n) is 3.81. The Morgan fingerprint density at radius 2 is 1.95 bits per heavy atom. The first-order valence-corrected chi connectivity index (χ1v) is 7.47. The maximum absolute atomic E-state index is 12.2. The maximum Gasteiger partial charge on any atom is 0.229 e. The van der Waals surface area contributed by atoms with Crippen LogP contribution in [0.2, 0.25) is 0 Å². The molecule has 0 aromatic heterocycles. The lowest BCUT2D eigenvalue weighted by atomic mass is 9.97. The molecule has 0 spiro atoms. The summed E-state index contributed by atoms with van der Waals surface area (Å²) in [6.07, 6.45) is 0.367. The standard InChI is InChI=1S/C16H23N3O2/c1-3-18-15(20)8-12-4-6-13(7-5-12)19-16(21)14-10-17-9-11(14)2/h4-7,11,14,17H,3,8-10H2,1-2H3,(H,18,20)(H,19,21). The smallest absolute Gasteiger partial charge is 0.229 e. The molecule has 0 aliphatic carbocycles. The summed E-state index contributed by atoms with van der Waals surface area (Å²) in [5, 5.41) is 8.93. The normalized spacial score (nSPS) is 21.0. The first-order valence-electron chi connectivity index (χ1n) is 7.47. The van der Waals surface area contributed by atoms with E-state index in [1.165, 1.54) is 0 Å². The topological polar surface area (TPSA) is 70.2 Å². The average molecular weight is 289 g/mol. The molecule has 2 atom stereocenters. The second kappa shape index (κ2) is 7.22. The van der Waals surface area contributed by atoms with E-state index >= 15 is 0 Å². The van der Waals surface area contributed by atoms with Crippen LogP contribution >= 0.6 is 0 Å². The zero-order valence-corrected chi connectivity index (χ0v) is 12.6. The van der Waals surface area contributed by atoms with Gasteiger partial charge in [0.2, 0.25) is 11.8 Å². The van der Waals surface area contributed by atoms with Gasteiger partial charge in [0.1, 0.15) is 0 Å². The van der Waals surface area contributed by atoms with Crippen LogP contribution in [0.3, 0.4) is 0 Å². The van der Waals surface area contributed by atoms with E-state index < -0.39 is 0 Å². The minimum Gasteiger partial charge on any atom is -0.356 e. The quantitative estimate of drug-likeness (QED) is 0.762. The second-order valence-electron chi connectivity index (χ2n) is 5.56. The van der Waals surface area contributed by atoms with Gasteiger partial charge in [-0.05, 0) is 37.1 Å². The maximum atomic E-state index is 12.2. The number of hydrogen-bond acceptors (Lipinski definition) is 3. The summed E-state index contributed by atoms with van der Waals surface area (Å²) in [7, 11) is 0. The van der Waals surface area contributed by atoms with Crippen LogP contribution in [-0.2, 0) is 16.0 Å². The molecular formula is C16H23N3O2. The van der Waals surface area contributed by atoms with Crippen molar-refractivity contribution in [3.8, 4) is 0 Å². The summed E-state index contributed by atoms with van der Waals surface area (Å²) in [5.41, 5.74) is 1.72. The molecule has 1 heterocycles. The monoisotopic (exact) mass is 289 g/mol. The second-order valence-corrected chi connectivity index (χ2v) is 5.56. The number of hydrogen-bond donors (Lipinski definition) is 3. The molecule has 0 saturated carbocycles. The summed E-state index contributed by atoms with van der Waals surface area (Å²) < 4.78 is 0. The molecule has 1 saturated heterocycles.